The first-order valence-corrected chi connectivity index (χ1v) is 6.51. The zero-order valence-electron chi connectivity index (χ0n) is 12.0. The molecule has 0 fully saturated rings. The Morgan fingerprint density at radius 2 is 1.95 bits per heavy atom. The van der Waals surface area contributed by atoms with Gasteiger partial charge in [-0.1, -0.05) is 12.1 Å². The minimum Gasteiger partial charge on any atom is -0.347 e. The number of carbonyl (C=O) groups excluding carboxylic acids is 1. The van der Waals surface area contributed by atoms with Gasteiger partial charge in [-0.2, -0.15) is 13.2 Å². The molecule has 0 unspecified atom stereocenters. The summed E-state index contributed by atoms with van der Waals surface area (Å²) in [5.41, 5.74) is 0.525. The monoisotopic (exact) mass is 309 g/mol. The summed E-state index contributed by atoms with van der Waals surface area (Å²) in [5, 5.41) is 2.55. The molecular weight excluding hydrogens is 295 g/mol. The van der Waals surface area contributed by atoms with Crippen LogP contribution >= 0.6 is 0 Å². The molecule has 0 aliphatic heterocycles. The summed E-state index contributed by atoms with van der Waals surface area (Å²) in [5.74, 6) is -0.479. The maximum atomic E-state index is 12.8. The number of alkyl halides is 3. The van der Waals surface area contributed by atoms with Crippen LogP contribution in [-0.2, 0) is 12.7 Å². The Labute approximate surface area is 125 Å². The largest absolute Gasteiger partial charge is 0.416 e. The highest BCUT2D eigenvalue weighted by molar-refractivity contribution is 5.91. The molecule has 0 bridgehead atoms. The van der Waals surface area contributed by atoms with E-state index in [9.17, 15) is 18.0 Å². The van der Waals surface area contributed by atoms with Gasteiger partial charge in [0.25, 0.3) is 5.91 Å². The summed E-state index contributed by atoms with van der Waals surface area (Å²) in [6.45, 7) is 3.07. The van der Waals surface area contributed by atoms with Crippen molar-refractivity contribution in [2.24, 2.45) is 0 Å². The number of aromatic nitrogens is 2. The van der Waals surface area contributed by atoms with E-state index in [1.807, 2.05) is 0 Å². The number of hydrogen-bond acceptors (Lipinski definition) is 3. The molecule has 7 heteroatoms. The highest BCUT2D eigenvalue weighted by Crippen LogP contribution is 2.32. The molecule has 0 radical (unpaired) electrons. The lowest BCUT2D eigenvalue weighted by Crippen LogP contribution is -2.25. The maximum absolute atomic E-state index is 12.8. The van der Waals surface area contributed by atoms with E-state index in [4.69, 9.17) is 0 Å². The molecule has 0 saturated heterocycles. The normalized spacial score (nSPS) is 11.3. The molecule has 1 aromatic carbocycles. The smallest absolute Gasteiger partial charge is 0.347 e. The fourth-order valence-corrected chi connectivity index (χ4v) is 2.02. The van der Waals surface area contributed by atoms with E-state index in [0.717, 1.165) is 6.07 Å². The van der Waals surface area contributed by atoms with Crippen LogP contribution in [0.15, 0.2) is 30.6 Å². The molecule has 0 saturated carbocycles. The van der Waals surface area contributed by atoms with Gasteiger partial charge < -0.3 is 5.32 Å². The Morgan fingerprint density at radius 3 is 2.59 bits per heavy atom. The van der Waals surface area contributed by atoms with Crippen molar-refractivity contribution in [3.05, 3.63) is 58.7 Å². The molecule has 0 aliphatic rings. The summed E-state index contributed by atoms with van der Waals surface area (Å²) in [6.07, 6.45) is -1.60. The van der Waals surface area contributed by atoms with Gasteiger partial charge in [-0.15, -0.1) is 0 Å². The van der Waals surface area contributed by atoms with Gasteiger partial charge in [-0.05, 0) is 31.0 Å². The second-order valence-electron chi connectivity index (χ2n) is 4.82. The van der Waals surface area contributed by atoms with Crippen LogP contribution in [0.5, 0.6) is 0 Å². The van der Waals surface area contributed by atoms with Gasteiger partial charge in [-0.25, -0.2) is 4.98 Å². The minimum atomic E-state index is -4.41. The van der Waals surface area contributed by atoms with Crippen LogP contribution in [-0.4, -0.2) is 15.9 Å². The number of benzene rings is 1. The molecule has 2 rings (SSSR count). The molecule has 1 heterocycles. The Kier molecular flexibility index (Phi) is 4.44. The second-order valence-corrected chi connectivity index (χ2v) is 4.82. The zero-order valence-corrected chi connectivity index (χ0v) is 12.0. The number of halogens is 3. The van der Waals surface area contributed by atoms with Gasteiger partial charge in [0.15, 0.2) is 0 Å². The molecule has 22 heavy (non-hydrogen) atoms. The standard InChI is InChI=1S/C15H14F3N3O/c1-9-6-19-8-13(21-9)14(22)20-7-11-4-3-5-12(10(11)2)15(16,17)18/h3-6,8H,7H2,1-2H3,(H,20,22). The SMILES string of the molecule is Cc1cncc(C(=O)NCc2cccc(C(F)(F)F)c2C)n1. The van der Waals surface area contributed by atoms with Crippen LogP contribution in [0, 0.1) is 13.8 Å². The minimum absolute atomic E-state index is 0.00971. The van der Waals surface area contributed by atoms with E-state index in [-0.39, 0.29) is 17.8 Å². The number of rotatable bonds is 3. The van der Waals surface area contributed by atoms with Crippen molar-refractivity contribution >= 4 is 5.91 Å². The summed E-state index contributed by atoms with van der Waals surface area (Å²) < 4.78 is 38.5. The van der Waals surface area contributed by atoms with Gasteiger partial charge >= 0.3 is 6.18 Å². The first kappa shape index (κ1) is 15.9. The third kappa shape index (κ3) is 3.60. The van der Waals surface area contributed by atoms with Gasteiger partial charge in [0.05, 0.1) is 17.5 Å². The molecular formula is C15H14F3N3O. The molecule has 1 aromatic heterocycles. The molecule has 0 aliphatic carbocycles. The molecule has 1 N–H and O–H groups in total. The van der Waals surface area contributed by atoms with Gasteiger partial charge in [0.1, 0.15) is 5.69 Å². The van der Waals surface area contributed by atoms with E-state index in [1.165, 1.54) is 25.4 Å². The van der Waals surface area contributed by atoms with Crippen LogP contribution in [0.3, 0.4) is 0 Å². The lowest BCUT2D eigenvalue weighted by molar-refractivity contribution is -0.138. The molecule has 0 spiro atoms. The number of amides is 1. The van der Waals surface area contributed by atoms with E-state index in [2.05, 4.69) is 15.3 Å². The Balaban J connectivity index is 2.14. The van der Waals surface area contributed by atoms with Crippen LogP contribution in [0.25, 0.3) is 0 Å². The third-order valence-electron chi connectivity index (χ3n) is 3.18. The summed E-state index contributed by atoms with van der Waals surface area (Å²) in [4.78, 5) is 19.8. The molecule has 1 amide bonds. The zero-order chi connectivity index (χ0) is 16.3. The lowest BCUT2D eigenvalue weighted by Gasteiger charge is -2.14. The number of nitrogens with zero attached hydrogens (tertiary/aromatic N) is 2. The summed E-state index contributed by atoms with van der Waals surface area (Å²) in [7, 11) is 0. The Hall–Kier alpha value is -2.44. The van der Waals surface area contributed by atoms with Gasteiger partial charge in [0, 0.05) is 12.7 Å². The Morgan fingerprint density at radius 1 is 1.23 bits per heavy atom. The predicted molar refractivity (Wildman–Crippen MR) is 74.1 cm³/mol. The second kappa shape index (κ2) is 6.13. The van der Waals surface area contributed by atoms with Gasteiger partial charge in [-0.3, -0.25) is 9.78 Å². The van der Waals surface area contributed by atoms with Gasteiger partial charge in [0.2, 0.25) is 0 Å². The topological polar surface area (TPSA) is 54.9 Å². The highest BCUT2D eigenvalue weighted by Gasteiger charge is 2.32. The van der Waals surface area contributed by atoms with E-state index >= 15 is 0 Å². The van der Waals surface area contributed by atoms with Crippen LogP contribution in [0.2, 0.25) is 0 Å². The highest BCUT2D eigenvalue weighted by atomic mass is 19.4. The van der Waals surface area contributed by atoms with Crippen molar-refractivity contribution in [1.82, 2.24) is 15.3 Å². The number of hydrogen-bond donors (Lipinski definition) is 1. The van der Waals surface area contributed by atoms with Crippen molar-refractivity contribution < 1.29 is 18.0 Å². The third-order valence-corrected chi connectivity index (χ3v) is 3.18. The van der Waals surface area contributed by atoms with Crippen molar-refractivity contribution in [3.8, 4) is 0 Å². The van der Waals surface area contributed by atoms with E-state index in [0.29, 0.717) is 11.3 Å². The van der Waals surface area contributed by atoms with Crippen LogP contribution in [0.4, 0.5) is 13.2 Å². The summed E-state index contributed by atoms with van der Waals surface area (Å²) >= 11 is 0. The van der Waals surface area contributed by atoms with Crippen LogP contribution < -0.4 is 5.32 Å². The molecule has 2 aromatic rings. The van der Waals surface area contributed by atoms with Crippen molar-refractivity contribution in [1.29, 1.82) is 0 Å². The van der Waals surface area contributed by atoms with Crippen LogP contribution in [0.1, 0.15) is 32.9 Å². The summed E-state index contributed by atoms with van der Waals surface area (Å²) in [6, 6.07) is 3.89. The average molecular weight is 309 g/mol. The number of nitrogens with one attached hydrogen (secondary N) is 1. The first-order chi connectivity index (χ1) is 10.3. The number of carbonyl (C=O) groups is 1. The van der Waals surface area contributed by atoms with Crippen molar-refractivity contribution in [2.75, 3.05) is 0 Å². The predicted octanol–water partition coefficient (Wildman–Crippen LogP) is 3.04. The van der Waals surface area contributed by atoms with Crippen molar-refractivity contribution in [3.63, 3.8) is 0 Å². The maximum Gasteiger partial charge on any atom is 0.416 e. The van der Waals surface area contributed by atoms with Crippen molar-refractivity contribution in [2.45, 2.75) is 26.6 Å². The quantitative estimate of drug-likeness (QED) is 0.948. The first-order valence-electron chi connectivity index (χ1n) is 6.51. The number of aryl methyl sites for hydroxylation is 1. The fraction of sp³-hybridized carbons (Fsp3) is 0.267. The molecule has 0 atom stereocenters. The molecule has 4 nitrogen and oxygen atoms in total. The lowest BCUT2D eigenvalue weighted by atomic mass is 10.0. The Bertz CT molecular complexity index is 699. The average Bonchev–Trinajstić information content (AvgIpc) is 2.44. The fourth-order valence-electron chi connectivity index (χ4n) is 2.02. The van der Waals surface area contributed by atoms with E-state index < -0.39 is 17.6 Å². The molecule has 116 valence electrons. The van der Waals surface area contributed by atoms with E-state index in [1.54, 1.807) is 13.0 Å².